The third kappa shape index (κ3) is 5.04. The number of hydrogen-bond donors (Lipinski definition) is 0. The number of halogens is 1. The fraction of sp³-hybridized carbons (Fsp3) is 0.143. The molecule has 0 aliphatic carbocycles. The zero-order valence-corrected chi connectivity index (χ0v) is 14.6. The molecule has 6 heteroatoms. The molecule has 0 atom stereocenters. The SMILES string of the molecule is Cc1ccc(C(=O)COC(=O)c2ccc(COc3ccc(F)cc3)o2)cc1. The third-order valence-corrected chi connectivity index (χ3v) is 3.77. The number of carbonyl (C=O) groups is 2. The van der Waals surface area contributed by atoms with Crippen LogP contribution in [0.3, 0.4) is 0 Å². The largest absolute Gasteiger partial charge is 0.486 e. The normalized spacial score (nSPS) is 10.4. The van der Waals surface area contributed by atoms with Gasteiger partial charge in [-0.15, -0.1) is 0 Å². The second-order valence-corrected chi connectivity index (χ2v) is 5.87. The summed E-state index contributed by atoms with van der Waals surface area (Å²) in [5.41, 5.74) is 1.51. The molecule has 3 rings (SSSR count). The Morgan fingerprint density at radius 1 is 0.963 bits per heavy atom. The van der Waals surface area contributed by atoms with E-state index in [1.54, 1.807) is 18.2 Å². The lowest BCUT2D eigenvalue weighted by Crippen LogP contribution is -2.13. The number of rotatable bonds is 7. The molecule has 1 aromatic heterocycles. The van der Waals surface area contributed by atoms with Gasteiger partial charge < -0.3 is 13.9 Å². The molecule has 0 amide bonds. The Labute approximate surface area is 155 Å². The van der Waals surface area contributed by atoms with Gasteiger partial charge >= 0.3 is 5.97 Å². The maximum Gasteiger partial charge on any atom is 0.374 e. The zero-order valence-electron chi connectivity index (χ0n) is 14.6. The summed E-state index contributed by atoms with van der Waals surface area (Å²) in [6.45, 7) is 1.62. The number of ketones is 1. The van der Waals surface area contributed by atoms with Crippen LogP contribution in [-0.4, -0.2) is 18.4 Å². The standard InChI is InChI=1S/C21H17FO5/c1-14-2-4-15(5-3-14)19(23)13-26-21(24)20-11-10-18(27-20)12-25-17-8-6-16(22)7-9-17/h2-11H,12-13H2,1H3. The van der Waals surface area contributed by atoms with Gasteiger partial charge in [-0.3, -0.25) is 4.79 Å². The van der Waals surface area contributed by atoms with E-state index in [0.29, 0.717) is 17.1 Å². The number of carbonyl (C=O) groups excluding carboxylic acids is 2. The van der Waals surface area contributed by atoms with E-state index in [2.05, 4.69) is 0 Å². The molecular formula is C21H17FO5. The molecular weight excluding hydrogens is 351 g/mol. The van der Waals surface area contributed by atoms with Crippen LogP contribution in [-0.2, 0) is 11.3 Å². The Bertz CT molecular complexity index is 926. The summed E-state index contributed by atoms with van der Waals surface area (Å²) in [7, 11) is 0. The van der Waals surface area contributed by atoms with E-state index in [1.165, 1.54) is 30.3 Å². The molecule has 0 unspecified atom stereocenters. The average Bonchev–Trinajstić information content (AvgIpc) is 3.15. The van der Waals surface area contributed by atoms with Crippen LogP contribution >= 0.6 is 0 Å². The van der Waals surface area contributed by atoms with Gasteiger partial charge in [-0.2, -0.15) is 0 Å². The number of aryl methyl sites for hydroxylation is 1. The zero-order chi connectivity index (χ0) is 19.2. The van der Waals surface area contributed by atoms with E-state index in [9.17, 15) is 14.0 Å². The van der Waals surface area contributed by atoms with Crippen LogP contribution in [0.15, 0.2) is 65.1 Å². The minimum atomic E-state index is -0.733. The quantitative estimate of drug-likeness (QED) is 0.458. The molecule has 3 aromatic rings. The number of benzene rings is 2. The predicted octanol–water partition coefficient (Wildman–Crippen LogP) is 4.35. The molecule has 0 spiro atoms. The highest BCUT2D eigenvalue weighted by Crippen LogP contribution is 2.16. The van der Waals surface area contributed by atoms with Crippen molar-refractivity contribution in [2.24, 2.45) is 0 Å². The number of esters is 1. The number of Topliss-reactive ketones (excluding diaryl/α,β-unsaturated/α-hetero) is 1. The van der Waals surface area contributed by atoms with Crippen molar-refractivity contribution in [2.45, 2.75) is 13.5 Å². The summed E-state index contributed by atoms with van der Waals surface area (Å²) in [5.74, 6) is -0.537. The Morgan fingerprint density at radius 3 is 2.37 bits per heavy atom. The monoisotopic (exact) mass is 368 g/mol. The number of ether oxygens (including phenoxy) is 2. The lowest BCUT2D eigenvalue weighted by Gasteiger charge is -2.04. The molecule has 0 aliphatic rings. The summed E-state index contributed by atoms with van der Waals surface area (Å²) >= 11 is 0. The Hall–Kier alpha value is -3.41. The predicted molar refractivity (Wildman–Crippen MR) is 95.2 cm³/mol. The van der Waals surface area contributed by atoms with Crippen molar-refractivity contribution >= 4 is 11.8 Å². The van der Waals surface area contributed by atoms with Gasteiger partial charge in [-0.1, -0.05) is 29.8 Å². The molecule has 0 aliphatic heterocycles. The molecule has 0 saturated carbocycles. The molecule has 5 nitrogen and oxygen atoms in total. The first kappa shape index (κ1) is 18.4. The van der Waals surface area contributed by atoms with Crippen molar-refractivity contribution in [3.63, 3.8) is 0 Å². The van der Waals surface area contributed by atoms with Crippen LogP contribution in [0, 0.1) is 12.7 Å². The van der Waals surface area contributed by atoms with Crippen molar-refractivity contribution in [2.75, 3.05) is 6.61 Å². The molecule has 27 heavy (non-hydrogen) atoms. The number of hydrogen-bond acceptors (Lipinski definition) is 5. The molecule has 0 fully saturated rings. The second-order valence-electron chi connectivity index (χ2n) is 5.87. The van der Waals surface area contributed by atoms with Gasteiger partial charge in [0.25, 0.3) is 0 Å². The van der Waals surface area contributed by atoms with Gasteiger partial charge in [0.05, 0.1) is 0 Å². The fourth-order valence-electron chi connectivity index (χ4n) is 2.28. The summed E-state index contributed by atoms with van der Waals surface area (Å²) in [6, 6.07) is 15.6. The van der Waals surface area contributed by atoms with Crippen LogP contribution in [0.25, 0.3) is 0 Å². The third-order valence-electron chi connectivity index (χ3n) is 3.77. The van der Waals surface area contributed by atoms with Gasteiger partial charge in [0, 0.05) is 5.56 Å². The molecule has 0 bridgehead atoms. The van der Waals surface area contributed by atoms with Crippen LogP contribution in [0.5, 0.6) is 5.75 Å². The van der Waals surface area contributed by atoms with Gasteiger partial charge in [0.1, 0.15) is 23.9 Å². The minimum absolute atomic E-state index is 0.0237. The molecule has 2 aromatic carbocycles. The Kier molecular flexibility index (Phi) is 5.66. The molecule has 138 valence electrons. The summed E-state index contributed by atoms with van der Waals surface area (Å²) < 4.78 is 28.6. The first-order valence-electron chi connectivity index (χ1n) is 8.25. The van der Waals surface area contributed by atoms with Crippen LogP contribution in [0.1, 0.15) is 32.2 Å². The van der Waals surface area contributed by atoms with E-state index in [0.717, 1.165) is 5.56 Å². The van der Waals surface area contributed by atoms with Crippen molar-refractivity contribution in [1.82, 2.24) is 0 Å². The van der Waals surface area contributed by atoms with E-state index < -0.39 is 5.97 Å². The van der Waals surface area contributed by atoms with E-state index in [4.69, 9.17) is 13.9 Å². The number of furan rings is 1. The van der Waals surface area contributed by atoms with Crippen molar-refractivity contribution < 1.29 is 27.9 Å². The maximum absolute atomic E-state index is 12.8. The maximum atomic E-state index is 12.8. The van der Waals surface area contributed by atoms with Crippen LogP contribution in [0.2, 0.25) is 0 Å². The van der Waals surface area contributed by atoms with Crippen molar-refractivity contribution in [3.05, 3.63) is 89.1 Å². The second kappa shape index (κ2) is 8.31. The van der Waals surface area contributed by atoms with E-state index in [1.807, 2.05) is 19.1 Å². The molecule has 1 heterocycles. The average molecular weight is 368 g/mol. The van der Waals surface area contributed by atoms with Gasteiger partial charge in [-0.25, -0.2) is 9.18 Å². The highest BCUT2D eigenvalue weighted by Gasteiger charge is 2.15. The van der Waals surface area contributed by atoms with Crippen LogP contribution < -0.4 is 4.74 Å². The molecule has 0 saturated heterocycles. The Morgan fingerprint density at radius 2 is 1.67 bits per heavy atom. The lowest BCUT2D eigenvalue weighted by atomic mass is 10.1. The first-order valence-corrected chi connectivity index (χ1v) is 8.25. The fourth-order valence-corrected chi connectivity index (χ4v) is 2.28. The van der Waals surface area contributed by atoms with Crippen LogP contribution in [0.4, 0.5) is 4.39 Å². The minimum Gasteiger partial charge on any atom is -0.486 e. The highest BCUT2D eigenvalue weighted by atomic mass is 19.1. The van der Waals surface area contributed by atoms with Gasteiger partial charge in [0.2, 0.25) is 5.76 Å². The van der Waals surface area contributed by atoms with Gasteiger partial charge in [-0.05, 0) is 43.3 Å². The van der Waals surface area contributed by atoms with Crippen molar-refractivity contribution in [3.8, 4) is 5.75 Å². The summed E-state index contributed by atoms with van der Waals surface area (Å²) in [6.07, 6.45) is 0. The van der Waals surface area contributed by atoms with E-state index in [-0.39, 0.29) is 30.6 Å². The lowest BCUT2D eigenvalue weighted by molar-refractivity contribution is 0.0440. The highest BCUT2D eigenvalue weighted by molar-refractivity contribution is 5.98. The smallest absolute Gasteiger partial charge is 0.374 e. The molecule has 0 radical (unpaired) electrons. The summed E-state index contributed by atoms with van der Waals surface area (Å²) in [5, 5.41) is 0. The summed E-state index contributed by atoms with van der Waals surface area (Å²) in [4.78, 5) is 24.0. The van der Waals surface area contributed by atoms with Crippen molar-refractivity contribution in [1.29, 1.82) is 0 Å². The molecule has 0 N–H and O–H groups in total. The Balaban J connectivity index is 1.51. The first-order chi connectivity index (χ1) is 13.0. The topological polar surface area (TPSA) is 65.7 Å². The van der Waals surface area contributed by atoms with E-state index >= 15 is 0 Å². The van der Waals surface area contributed by atoms with Gasteiger partial charge in [0.15, 0.2) is 12.4 Å².